The SMILES string of the molecule is CC(=O)N[C@H](CCCCN)C(=O)N1CCC[C@@H]1C(=O)N[C@@H](C(N)=O)C(C)C. The average Bonchev–Trinajstić information content (AvgIpc) is 3.06. The summed E-state index contributed by atoms with van der Waals surface area (Å²) in [4.78, 5) is 50.1. The highest BCUT2D eigenvalue weighted by Gasteiger charge is 2.38. The van der Waals surface area contributed by atoms with Gasteiger partial charge >= 0.3 is 0 Å². The van der Waals surface area contributed by atoms with Gasteiger partial charge in [0.15, 0.2) is 0 Å². The van der Waals surface area contributed by atoms with Crippen LogP contribution in [0.3, 0.4) is 0 Å². The van der Waals surface area contributed by atoms with Crippen molar-refractivity contribution in [3.63, 3.8) is 0 Å². The number of carbonyl (C=O) groups is 4. The van der Waals surface area contributed by atoms with Crippen LogP contribution in [0, 0.1) is 5.92 Å². The van der Waals surface area contributed by atoms with E-state index in [0.717, 1.165) is 6.42 Å². The molecule has 0 bridgehead atoms. The normalized spacial score (nSPS) is 18.9. The van der Waals surface area contributed by atoms with Crippen molar-refractivity contribution in [1.29, 1.82) is 0 Å². The summed E-state index contributed by atoms with van der Waals surface area (Å²) in [5.41, 5.74) is 10.9. The maximum absolute atomic E-state index is 13.0. The molecule has 0 aromatic heterocycles. The molecule has 4 amide bonds. The molecule has 1 fully saturated rings. The molecule has 9 heteroatoms. The van der Waals surface area contributed by atoms with Crippen molar-refractivity contribution in [3.8, 4) is 0 Å². The summed E-state index contributed by atoms with van der Waals surface area (Å²) in [6.07, 6.45) is 3.12. The van der Waals surface area contributed by atoms with Gasteiger partial charge in [0.05, 0.1) is 0 Å². The molecule has 0 radical (unpaired) electrons. The summed E-state index contributed by atoms with van der Waals surface area (Å²) < 4.78 is 0. The van der Waals surface area contributed by atoms with E-state index in [1.54, 1.807) is 13.8 Å². The number of rotatable bonds is 10. The van der Waals surface area contributed by atoms with E-state index < -0.39 is 24.0 Å². The van der Waals surface area contributed by atoms with Crippen LogP contribution in [0.4, 0.5) is 0 Å². The van der Waals surface area contributed by atoms with Crippen LogP contribution < -0.4 is 22.1 Å². The van der Waals surface area contributed by atoms with E-state index in [2.05, 4.69) is 10.6 Å². The van der Waals surface area contributed by atoms with Gasteiger partial charge in [-0.15, -0.1) is 0 Å². The largest absolute Gasteiger partial charge is 0.368 e. The maximum atomic E-state index is 13.0. The van der Waals surface area contributed by atoms with Gasteiger partial charge in [0, 0.05) is 13.5 Å². The number of likely N-dealkylation sites (tertiary alicyclic amines) is 1. The lowest BCUT2D eigenvalue weighted by Gasteiger charge is -2.30. The number of amides is 4. The highest BCUT2D eigenvalue weighted by Crippen LogP contribution is 2.20. The number of hydrogen-bond donors (Lipinski definition) is 4. The van der Waals surface area contributed by atoms with Crippen molar-refractivity contribution < 1.29 is 19.2 Å². The van der Waals surface area contributed by atoms with Gasteiger partial charge in [-0.05, 0) is 44.6 Å². The van der Waals surface area contributed by atoms with Crippen LogP contribution in [0.25, 0.3) is 0 Å². The topological polar surface area (TPSA) is 148 Å². The fraction of sp³-hybridized carbons (Fsp3) is 0.778. The molecular weight excluding hydrogens is 350 g/mol. The summed E-state index contributed by atoms with van der Waals surface area (Å²) in [6, 6.07) is -2.13. The standard InChI is InChI=1S/C18H33N5O4/c1-11(2)15(16(20)25)22-17(26)14-8-6-10-23(14)18(27)13(21-12(3)24)7-4-5-9-19/h11,13-15H,4-10,19H2,1-3H3,(H2,20,25)(H,21,24)(H,22,26)/t13-,14-,15-/m1/s1. The first-order valence-corrected chi connectivity index (χ1v) is 9.56. The number of nitrogens with two attached hydrogens (primary N) is 2. The van der Waals surface area contributed by atoms with Gasteiger partial charge in [-0.25, -0.2) is 0 Å². The number of primary amides is 1. The zero-order valence-corrected chi connectivity index (χ0v) is 16.5. The summed E-state index contributed by atoms with van der Waals surface area (Å²) in [6.45, 7) is 5.89. The van der Waals surface area contributed by atoms with Crippen molar-refractivity contribution in [2.75, 3.05) is 13.1 Å². The van der Waals surface area contributed by atoms with Crippen molar-refractivity contribution in [2.24, 2.45) is 17.4 Å². The lowest BCUT2D eigenvalue weighted by atomic mass is 10.0. The van der Waals surface area contributed by atoms with Crippen LogP contribution in [-0.4, -0.2) is 59.7 Å². The van der Waals surface area contributed by atoms with Crippen molar-refractivity contribution >= 4 is 23.6 Å². The zero-order valence-electron chi connectivity index (χ0n) is 16.5. The molecule has 0 spiro atoms. The third kappa shape index (κ3) is 6.82. The molecule has 6 N–H and O–H groups in total. The first kappa shape index (κ1) is 22.9. The summed E-state index contributed by atoms with van der Waals surface area (Å²) in [5.74, 6) is -1.72. The number of nitrogens with zero attached hydrogens (tertiary/aromatic N) is 1. The third-order valence-corrected chi connectivity index (χ3v) is 4.73. The predicted octanol–water partition coefficient (Wildman–Crippen LogP) is -0.763. The van der Waals surface area contributed by atoms with Gasteiger partial charge in [0.25, 0.3) is 0 Å². The molecule has 1 saturated heterocycles. The number of carbonyl (C=O) groups excluding carboxylic acids is 4. The van der Waals surface area contributed by atoms with Crippen LogP contribution in [0.5, 0.6) is 0 Å². The highest BCUT2D eigenvalue weighted by atomic mass is 16.2. The van der Waals surface area contributed by atoms with Gasteiger partial charge in [-0.1, -0.05) is 13.8 Å². The van der Waals surface area contributed by atoms with Crippen molar-refractivity contribution in [3.05, 3.63) is 0 Å². The van der Waals surface area contributed by atoms with Crippen LogP contribution in [0.15, 0.2) is 0 Å². The van der Waals surface area contributed by atoms with E-state index in [1.165, 1.54) is 11.8 Å². The molecule has 1 heterocycles. The summed E-state index contributed by atoms with van der Waals surface area (Å²) in [7, 11) is 0. The lowest BCUT2D eigenvalue weighted by Crippen LogP contribution is -2.56. The van der Waals surface area contributed by atoms with Crippen molar-refractivity contribution in [2.45, 2.75) is 71.0 Å². The first-order valence-electron chi connectivity index (χ1n) is 9.56. The van der Waals surface area contributed by atoms with Gasteiger partial charge in [-0.2, -0.15) is 0 Å². The monoisotopic (exact) mass is 383 g/mol. The van der Waals surface area contributed by atoms with E-state index in [1.807, 2.05) is 0 Å². The first-order chi connectivity index (χ1) is 12.7. The minimum atomic E-state index is -0.786. The maximum Gasteiger partial charge on any atom is 0.245 e. The van der Waals surface area contributed by atoms with E-state index in [-0.39, 0.29) is 23.6 Å². The fourth-order valence-electron chi connectivity index (χ4n) is 3.31. The van der Waals surface area contributed by atoms with E-state index in [0.29, 0.717) is 38.8 Å². The molecule has 0 unspecified atom stereocenters. The Bertz CT molecular complexity index is 552. The molecule has 1 rings (SSSR count). The fourth-order valence-corrected chi connectivity index (χ4v) is 3.31. The third-order valence-electron chi connectivity index (χ3n) is 4.73. The molecule has 27 heavy (non-hydrogen) atoms. The van der Waals surface area contributed by atoms with Gasteiger partial charge < -0.3 is 27.0 Å². The number of unbranched alkanes of at least 4 members (excludes halogenated alkanes) is 1. The van der Waals surface area contributed by atoms with Crippen LogP contribution >= 0.6 is 0 Å². The minimum Gasteiger partial charge on any atom is -0.368 e. The number of nitrogens with one attached hydrogen (secondary N) is 2. The average molecular weight is 383 g/mol. The zero-order chi connectivity index (χ0) is 20.6. The van der Waals surface area contributed by atoms with Gasteiger partial charge in [0.2, 0.25) is 23.6 Å². The van der Waals surface area contributed by atoms with E-state index in [9.17, 15) is 19.2 Å². The molecule has 0 aromatic carbocycles. The van der Waals surface area contributed by atoms with Gasteiger partial charge in [-0.3, -0.25) is 19.2 Å². The van der Waals surface area contributed by atoms with E-state index in [4.69, 9.17) is 11.5 Å². The Labute approximate surface area is 160 Å². The molecule has 9 nitrogen and oxygen atoms in total. The Morgan fingerprint density at radius 3 is 2.33 bits per heavy atom. The van der Waals surface area contributed by atoms with E-state index >= 15 is 0 Å². The predicted molar refractivity (Wildman–Crippen MR) is 101 cm³/mol. The summed E-state index contributed by atoms with van der Waals surface area (Å²) >= 11 is 0. The molecule has 3 atom stereocenters. The van der Waals surface area contributed by atoms with Gasteiger partial charge in [0.1, 0.15) is 18.1 Å². The molecule has 1 aliphatic rings. The number of hydrogen-bond acceptors (Lipinski definition) is 5. The Hall–Kier alpha value is -2.16. The van der Waals surface area contributed by atoms with Crippen molar-refractivity contribution in [1.82, 2.24) is 15.5 Å². The molecular formula is C18H33N5O4. The second-order valence-electron chi connectivity index (χ2n) is 7.36. The Balaban J connectivity index is 2.85. The second-order valence-corrected chi connectivity index (χ2v) is 7.36. The smallest absolute Gasteiger partial charge is 0.245 e. The highest BCUT2D eigenvalue weighted by molar-refractivity contribution is 5.94. The molecule has 0 aliphatic carbocycles. The second kappa shape index (κ2) is 10.9. The molecule has 1 aliphatic heterocycles. The Morgan fingerprint density at radius 2 is 1.81 bits per heavy atom. The van der Waals surface area contributed by atoms with Crippen LogP contribution in [-0.2, 0) is 19.2 Å². The quantitative estimate of drug-likeness (QED) is 0.366. The Morgan fingerprint density at radius 1 is 1.15 bits per heavy atom. The van der Waals surface area contributed by atoms with Crippen LogP contribution in [0.1, 0.15) is 52.9 Å². The Kier molecular flexibility index (Phi) is 9.20. The molecule has 0 aromatic rings. The molecule has 0 saturated carbocycles. The minimum absolute atomic E-state index is 0.152. The van der Waals surface area contributed by atoms with Crippen LogP contribution in [0.2, 0.25) is 0 Å². The summed E-state index contributed by atoms with van der Waals surface area (Å²) in [5, 5.41) is 5.34. The lowest BCUT2D eigenvalue weighted by molar-refractivity contribution is -0.142. The molecule has 154 valence electrons.